The summed E-state index contributed by atoms with van der Waals surface area (Å²) in [7, 11) is 0. The second-order valence-electron chi connectivity index (χ2n) is 7.35. The second-order valence-corrected chi connectivity index (χ2v) is 8.62. The lowest BCUT2D eigenvalue weighted by molar-refractivity contribution is -0.118. The van der Waals surface area contributed by atoms with E-state index < -0.39 is 0 Å². The summed E-state index contributed by atoms with van der Waals surface area (Å²) >= 11 is 7.78. The number of aromatic nitrogens is 1. The molecule has 0 spiro atoms. The molecule has 0 unspecified atom stereocenters. The van der Waals surface area contributed by atoms with Crippen molar-refractivity contribution in [1.82, 2.24) is 4.57 Å². The fourth-order valence-corrected chi connectivity index (χ4v) is 5.20. The first-order valence-electron chi connectivity index (χ1n) is 9.75. The number of fused-ring (bicyclic) bond motifs is 1. The molecule has 1 N–H and O–H groups in total. The quantitative estimate of drug-likeness (QED) is 0.598. The number of thiazole rings is 1. The molecule has 1 aliphatic heterocycles. The normalized spacial score (nSPS) is 17.1. The van der Waals surface area contributed by atoms with Crippen molar-refractivity contribution in [3.05, 3.63) is 57.7 Å². The standard InChI is InChI=1S/C22H20ClN3O2S/c23-15-4-3-5-16(11-15)24-22-26(17-6-1-2-7-17)19(13-29-22)14-8-9-20-18(10-14)25-21(27)12-28-20/h3-5,8-11,13,17H,1-2,6-7,12H2,(H,25,27). The smallest absolute Gasteiger partial charge is 0.262 e. The van der Waals surface area contributed by atoms with Crippen molar-refractivity contribution in [2.75, 3.05) is 11.9 Å². The van der Waals surface area contributed by atoms with Gasteiger partial charge in [0, 0.05) is 22.0 Å². The molecule has 2 heterocycles. The number of halogens is 1. The zero-order valence-electron chi connectivity index (χ0n) is 15.7. The number of ether oxygens (including phenoxy) is 1. The minimum atomic E-state index is -0.125. The van der Waals surface area contributed by atoms with Gasteiger partial charge in [-0.15, -0.1) is 11.3 Å². The molecule has 1 fully saturated rings. The Balaban J connectivity index is 1.63. The summed E-state index contributed by atoms with van der Waals surface area (Å²) in [6, 6.07) is 14.0. The van der Waals surface area contributed by atoms with Gasteiger partial charge in [-0.25, -0.2) is 4.99 Å². The molecular weight excluding hydrogens is 406 g/mol. The lowest BCUT2D eigenvalue weighted by Crippen LogP contribution is -2.25. The number of anilines is 1. The van der Waals surface area contributed by atoms with Crippen LogP contribution >= 0.6 is 22.9 Å². The number of amides is 1. The van der Waals surface area contributed by atoms with Crippen LogP contribution in [0.5, 0.6) is 5.75 Å². The molecule has 1 amide bonds. The third kappa shape index (κ3) is 3.70. The minimum Gasteiger partial charge on any atom is -0.482 e. The number of carbonyl (C=O) groups is 1. The fraction of sp³-hybridized carbons (Fsp3) is 0.273. The molecule has 0 atom stereocenters. The average Bonchev–Trinajstić information content (AvgIpc) is 3.37. The Kier molecular flexibility index (Phi) is 4.89. The first-order valence-corrected chi connectivity index (χ1v) is 11.0. The molecule has 5 rings (SSSR count). The van der Waals surface area contributed by atoms with E-state index in [1.807, 2.05) is 42.5 Å². The van der Waals surface area contributed by atoms with Crippen molar-refractivity contribution in [2.45, 2.75) is 31.7 Å². The minimum absolute atomic E-state index is 0.0650. The largest absolute Gasteiger partial charge is 0.482 e. The Morgan fingerprint density at radius 1 is 1.17 bits per heavy atom. The molecule has 5 nitrogen and oxygen atoms in total. The SMILES string of the molecule is O=C1COc2ccc(-c3csc(=Nc4cccc(Cl)c4)n3C3CCCC3)cc2N1. The second kappa shape index (κ2) is 7.69. The third-order valence-electron chi connectivity index (χ3n) is 5.37. The molecule has 3 aromatic rings. The van der Waals surface area contributed by atoms with Crippen LogP contribution in [0.25, 0.3) is 11.3 Å². The first kappa shape index (κ1) is 18.5. The Hall–Kier alpha value is -2.57. The maximum atomic E-state index is 11.7. The van der Waals surface area contributed by atoms with Gasteiger partial charge in [0.15, 0.2) is 11.4 Å². The summed E-state index contributed by atoms with van der Waals surface area (Å²) < 4.78 is 7.86. The molecule has 1 aromatic heterocycles. The van der Waals surface area contributed by atoms with Crippen LogP contribution < -0.4 is 14.9 Å². The maximum Gasteiger partial charge on any atom is 0.262 e. The van der Waals surface area contributed by atoms with Gasteiger partial charge in [-0.3, -0.25) is 4.79 Å². The van der Waals surface area contributed by atoms with Crippen LogP contribution in [0.15, 0.2) is 52.8 Å². The predicted octanol–water partition coefficient (Wildman–Crippen LogP) is 5.55. The summed E-state index contributed by atoms with van der Waals surface area (Å²) in [4.78, 5) is 17.6. The molecule has 2 aliphatic rings. The average molecular weight is 426 g/mol. The Bertz CT molecular complexity index is 1140. The molecule has 7 heteroatoms. The van der Waals surface area contributed by atoms with E-state index in [-0.39, 0.29) is 12.5 Å². The van der Waals surface area contributed by atoms with Gasteiger partial charge >= 0.3 is 0 Å². The van der Waals surface area contributed by atoms with Crippen LogP contribution in [0, 0.1) is 0 Å². The van der Waals surface area contributed by atoms with Crippen LogP contribution in [-0.2, 0) is 4.79 Å². The highest BCUT2D eigenvalue weighted by atomic mass is 35.5. The lowest BCUT2D eigenvalue weighted by atomic mass is 10.1. The molecule has 2 aromatic carbocycles. The topological polar surface area (TPSA) is 55.6 Å². The van der Waals surface area contributed by atoms with Gasteiger partial charge in [-0.1, -0.05) is 30.5 Å². The molecule has 0 bridgehead atoms. The summed E-state index contributed by atoms with van der Waals surface area (Å²) in [5.41, 5.74) is 3.73. The zero-order chi connectivity index (χ0) is 19.8. The highest BCUT2D eigenvalue weighted by Crippen LogP contribution is 2.37. The zero-order valence-corrected chi connectivity index (χ0v) is 17.3. The number of nitrogens with zero attached hydrogens (tertiary/aromatic N) is 2. The van der Waals surface area contributed by atoms with E-state index in [2.05, 4.69) is 15.3 Å². The summed E-state index contributed by atoms with van der Waals surface area (Å²) in [5.74, 6) is 0.583. The number of rotatable bonds is 3. The van der Waals surface area contributed by atoms with Crippen LogP contribution in [0.2, 0.25) is 5.02 Å². The van der Waals surface area contributed by atoms with E-state index >= 15 is 0 Å². The Morgan fingerprint density at radius 3 is 2.86 bits per heavy atom. The van der Waals surface area contributed by atoms with E-state index in [1.54, 1.807) is 11.3 Å². The van der Waals surface area contributed by atoms with Crippen LogP contribution in [0.4, 0.5) is 11.4 Å². The number of nitrogens with one attached hydrogen (secondary N) is 1. The molecule has 148 valence electrons. The van der Waals surface area contributed by atoms with Gasteiger partial charge in [0.05, 0.1) is 17.1 Å². The summed E-state index contributed by atoms with van der Waals surface area (Å²) in [5, 5.41) is 5.73. The number of carbonyl (C=O) groups excluding carboxylic acids is 1. The Morgan fingerprint density at radius 2 is 2.03 bits per heavy atom. The van der Waals surface area contributed by atoms with Crippen molar-refractivity contribution in [2.24, 2.45) is 4.99 Å². The summed E-state index contributed by atoms with van der Waals surface area (Å²) in [6.07, 6.45) is 4.77. The van der Waals surface area contributed by atoms with Gasteiger partial charge in [-0.2, -0.15) is 0 Å². The highest BCUT2D eigenvalue weighted by molar-refractivity contribution is 7.07. The lowest BCUT2D eigenvalue weighted by Gasteiger charge is -2.20. The van der Waals surface area contributed by atoms with Crippen molar-refractivity contribution in [1.29, 1.82) is 0 Å². The maximum absolute atomic E-state index is 11.7. The number of hydrogen-bond acceptors (Lipinski definition) is 4. The van der Waals surface area contributed by atoms with E-state index in [9.17, 15) is 4.79 Å². The third-order valence-corrected chi connectivity index (χ3v) is 6.45. The van der Waals surface area contributed by atoms with Crippen molar-refractivity contribution < 1.29 is 9.53 Å². The van der Waals surface area contributed by atoms with Gasteiger partial charge in [0.1, 0.15) is 5.75 Å². The van der Waals surface area contributed by atoms with Gasteiger partial charge < -0.3 is 14.6 Å². The number of hydrogen-bond donors (Lipinski definition) is 1. The molecule has 0 radical (unpaired) electrons. The van der Waals surface area contributed by atoms with E-state index in [1.165, 1.54) is 12.8 Å². The van der Waals surface area contributed by atoms with E-state index in [4.69, 9.17) is 21.3 Å². The van der Waals surface area contributed by atoms with Gasteiger partial charge in [0.2, 0.25) is 0 Å². The molecule has 29 heavy (non-hydrogen) atoms. The number of benzene rings is 2. The molecular formula is C22H20ClN3O2S. The highest BCUT2D eigenvalue weighted by Gasteiger charge is 2.23. The van der Waals surface area contributed by atoms with Crippen molar-refractivity contribution >= 4 is 40.2 Å². The van der Waals surface area contributed by atoms with Crippen LogP contribution in [0.3, 0.4) is 0 Å². The molecule has 0 saturated heterocycles. The van der Waals surface area contributed by atoms with E-state index in [0.717, 1.165) is 40.3 Å². The fourth-order valence-electron chi connectivity index (χ4n) is 4.03. The molecule has 1 saturated carbocycles. The van der Waals surface area contributed by atoms with Crippen LogP contribution in [-0.4, -0.2) is 17.1 Å². The molecule has 1 aliphatic carbocycles. The monoisotopic (exact) mass is 425 g/mol. The van der Waals surface area contributed by atoms with Crippen LogP contribution in [0.1, 0.15) is 31.7 Å². The first-order chi connectivity index (χ1) is 14.2. The van der Waals surface area contributed by atoms with Gasteiger partial charge in [0.25, 0.3) is 5.91 Å². The summed E-state index contributed by atoms with van der Waals surface area (Å²) in [6.45, 7) is 0.0650. The predicted molar refractivity (Wildman–Crippen MR) is 116 cm³/mol. The Labute approximate surface area is 177 Å². The van der Waals surface area contributed by atoms with Crippen molar-refractivity contribution in [3.63, 3.8) is 0 Å². The van der Waals surface area contributed by atoms with E-state index in [0.29, 0.717) is 16.8 Å². The van der Waals surface area contributed by atoms with Crippen molar-refractivity contribution in [3.8, 4) is 17.0 Å². The van der Waals surface area contributed by atoms with Gasteiger partial charge in [-0.05, 0) is 49.2 Å².